The molecule has 0 aromatic heterocycles. The van der Waals surface area contributed by atoms with Crippen molar-refractivity contribution in [3.8, 4) is 5.75 Å². The van der Waals surface area contributed by atoms with Crippen LogP contribution in [0.4, 0.5) is 0 Å². The standard InChI is InChI=1S/C31H34N2O5/c1-37-31(36)28(20-23-12-14-27(15-13-23)38-22-25-8-4-2-5-9-25)32-29(34)21-24-16-18-33(19-17-24)30(35)26-10-6-3-7-11-26/h2-15,24,28H,16-22H2,1H3,(H,32,34). The van der Waals surface area contributed by atoms with Crippen molar-refractivity contribution in [2.24, 2.45) is 5.92 Å². The van der Waals surface area contributed by atoms with E-state index in [2.05, 4.69) is 5.32 Å². The van der Waals surface area contributed by atoms with Crippen LogP contribution in [0.1, 0.15) is 40.7 Å². The summed E-state index contributed by atoms with van der Waals surface area (Å²) < 4.78 is 10.8. The molecule has 1 aliphatic heterocycles. The number of benzene rings is 3. The van der Waals surface area contributed by atoms with Gasteiger partial charge < -0.3 is 19.7 Å². The molecule has 7 heteroatoms. The van der Waals surface area contributed by atoms with Crippen LogP contribution in [-0.4, -0.2) is 48.9 Å². The maximum Gasteiger partial charge on any atom is 0.328 e. The van der Waals surface area contributed by atoms with E-state index in [1.165, 1.54) is 7.11 Å². The summed E-state index contributed by atoms with van der Waals surface area (Å²) in [6.07, 6.45) is 2.13. The van der Waals surface area contributed by atoms with Crippen molar-refractivity contribution in [3.63, 3.8) is 0 Å². The van der Waals surface area contributed by atoms with Gasteiger partial charge in [-0.2, -0.15) is 0 Å². The maximum absolute atomic E-state index is 12.8. The lowest BCUT2D eigenvalue weighted by Gasteiger charge is -2.32. The highest BCUT2D eigenvalue weighted by molar-refractivity contribution is 5.94. The molecule has 198 valence electrons. The largest absolute Gasteiger partial charge is 0.489 e. The molecule has 38 heavy (non-hydrogen) atoms. The quantitative estimate of drug-likeness (QED) is 0.405. The summed E-state index contributed by atoms with van der Waals surface area (Å²) in [4.78, 5) is 39.7. The minimum atomic E-state index is -0.775. The van der Waals surface area contributed by atoms with E-state index in [1.807, 2.05) is 89.8 Å². The Hall–Kier alpha value is -4.13. The third kappa shape index (κ3) is 7.68. The van der Waals surface area contributed by atoms with Crippen LogP contribution in [0.15, 0.2) is 84.9 Å². The van der Waals surface area contributed by atoms with E-state index in [0.29, 0.717) is 38.1 Å². The summed E-state index contributed by atoms with van der Waals surface area (Å²) in [6, 6.07) is 25.9. The van der Waals surface area contributed by atoms with Crippen LogP contribution in [0.3, 0.4) is 0 Å². The molecule has 1 atom stereocenters. The predicted molar refractivity (Wildman–Crippen MR) is 145 cm³/mol. The normalized spacial score (nSPS) is 14.4. The van der Waals surface area contributed by atoms with E-state index in [9.17, 15) is 14.4 Å². The minimum absolute atomic E-state index is 0.0238. The van der Waals surface area contributed by atoms with E-state index in [-0.39, 0.29) is 17.7 Å². The Bertz CT molecular complexity index is 1190. The van der Waals surface area contributed by atoms with Crippen molar-refractivity contribution in [1.29, 1.82) is 0 Å². The van der Waals surface area contributed by atoms with E-state index in [1.54, 1.807) is 0 Å². The van der Waals surface area contributed by atoms with Gasteiger partial charge in [0.1, 0.15) is 18.4 Å². The molecule has 1 N–H and O–H groups in total. The van der Waals surface area contributed by atoms with Crippen LogP contribution in [0, 0.1) is 5.92 Å². The van der Waals surface area contributed by atoms with Crippen LogP contribution >= 0.6 is 0 Å². The van der Waals surface area contributed by atoms with Crippen molar-refractivity contribution in [2.45, 2.75) is 38.3 Å². The van der Waals surface area contributed by atoms with Crippen molar-refractivity contribution in [3.05, 3.63) is 102 Å². The van der Waals surface area contributed by atoms with Gasteiger partial charge >= 0.3 is 5.97 Å². The van der Waals surface area contributed by atoms with Crippen LogP contribution in [0.25, 0.3) is 0 Å². The second-order valence-corrected chi connectivity index (χ2v) is 9.57. The highest BCUT2D eigenvalue weighted by atomic mass is 16.5. The smallest absolute Gasteiger partial charge is 0.328 e. The van der Waals surface area contributed by atoms with Crippen molar-refractivity contribution in [2.75, 3.05) is 20.2 Å². The molecule has 0 spiro atoms. The first-order chi connectivity index (χ1) is 18.5. The molecule has 1 unspecified atom stereocenters. The number of amides is 2. The lowest BCUT2D eigenvalue weighted by atomic mass is 9.92. The van der Waals surface area contributed by atoms with Crippen molar-refractivity contribution in [1.82, 2.24) is 10.2 Å². The van der Waals surface area contributed by atoms with Gasteiger partial charge in [-0.15, -0.1) is 0 Å². The Labute approximate surface area is 223 Å². The molecule has 1 aliphatic rings. The summed E-state index contributed by atoms with van der Waals surface area (Å²) in [6.45, 7) is 1.70. The van der Waals surface area contributed by atoms with Gasteiger partial charge in [-0.1, -0.05) is 60.7 Å². The number of nitrogens with zero attached hydrogens (tertiary/aromatic N) is 1. The maximum atomic E-state index is 12.8. The Morgan fingerprint density at radius 1 is 0.868 bits per heavy atom. The highest BCUT2D eigenvalue weighted by Gasteiger charge is 2.27. The Kier molecular flexibility index (Phi) is 9.51. The molecule has 7 nitrogen and oxygen atoms in total. The molecule has 1 saturated heterocycles. The van der Waals surface area contributed by atoms with Gasteiger partial charge in [-0.3, -0.25) is 9.59 Å². The fourth-order valence-electron chi connectivity index (χ4n) is 4.65. The average Bonchev–Trinajstić information content (AvgIpc) is 2.97. The summed E-state index contributed by atoms with van der Waals surface area (Å²) in [5, 5.41) is 2.86. The second kappa shape index (κ2) is 13.4. The number of hydrogen-bond donors (Lipinski definition) is 1. The fraction of sp³-hybridized carbons (Fsp3) is 0.323. The summed E-state index contributed by atoms with van der Waals surface area (Å²) in [5.41, 5.74) is 2.65. The van der Waals surface area contributed by atoms with Gasteiger partial charge in [0.05, 0.1) is 7.11 Å². The van der Waals surface area contributed by atoms with Crippen LogP contribution in [0.2, 0.25) is 0 Å². The Balaban J connectivity index is 1.25. The highest BCUT2D eigenvalue weighted by Crippen LogP contribution is 2.22. The number of likely N-dealkylation sites (tertiary alicyclic amines) is 1. The molecular weight excluding hydrogens is 480 g/mol. The molecule has 0 saturated carbocycles. The number of ether oxygens (including phenoxy) is 2. The summed E-state index contributed by atoms with van der Waals surface area (Å²) >= 11 is 0. The van der Waals surface area contributed by atoms with Gasteiger partial charge in [0.25, 0.3) is 5.91 Å². The van der Waals surface area contributed by atoms with E-state index in [0.717, 1.165) is 29.7 Å². The zero-order valence-corrected chi connectivity index (χ0v) is 21.7. The van der Waals surface area contributed by atoms with E-state index < -0.39 is 12.0 Å². The first-order valence-corrected chi connectivity index (χ1v) is 13.0. The third-order valence-electron chi connectivity index (χ3n) is 6.83. The fourth-order valence-corrected chi connectivity index (χ4v) is 4.65. The zero-order valence-electron chi connectivity index (χ0n) is 21.7. The number of nitrogens with one attached hydrogen (secondary N) is 1. The molecule has 3 aromatic carbocycles. The first kappa shape index (κ1) is 26.9. The number of rotatable bonds is 10. The van der Waals surface area contributed by atoms with Gasteiger partial charge in [0, 0.05) is 31.5 Å². The van der Waals surface area contributed by atoms with Gasteiger partial charge in [0.15, 0.2) is 0 Å². The van der Waals surface area contributed by atoms with Crippen molar-refractivity contribution >= 4 is 17.8 Å². The molecule has 2 amide bonds. The van der Waals surface area contributed by atoms with E-state index >= 15 is 0 Å². The van der Waals surface area contributed by atoms with Crippen LogP contribution < -0.4 is 10.1 Å². The summed E-state index contributed by atoms with van der Waals surface area (Å²) in [5.74, 6) is 0.250. The molecule has 1 heterocycles. The number of hydrogen-bond acceptors (Lipinski definition) is 5. The lowest BCUT2D eigenvalue weighted by Crippen LogP contribution is -2.44. The molecule has 4 rings (SSSR count). The molecule has 0 radical (unpaired) electrons. The lowest BCUT2D eigenvalue weighted by molar-refractivity contribution is -0.145. The van der Waals surface area contributed by atoms with Gasteiger partial charge in [0.2, 0.25) is 5.91 Å². The van der Waals surface area contributed by atoms with E-state index in [4.69, 9.17) is 9.47 Å². The second-order valence-electron chi connectivity index (χ2n) is 9.57. The zero-order chi connectivity index (χ0) is 26.7. The number of methoxy groups -OCH3 is 1. The predicted octanol–water partition coefficient (Wildman–Crippen LogP) is 4.41. The van der Waals surface area contributed by atoms with Gasteiger partial charge in [-0.25, -0.2) is 4.79 Å². The first-order valence-electron chi connectivity index (χ1n) is 13.0. The third-order valence-corrected chi connectivity index (χ3v) is 6.83. The molecule has 0 bridgehead atoms. The summed E-state index contributed by atoms with van der Waals surface area (Å²) in [7, 11) is 1.32. The molecule has 1 fully saturated rings. The molecule has 3 aromatic rings. The van der Waals surface area contributed by atoms with Crippen LogP contribution in [0.5, 0.6) is 5.75 Å². The molecule has 0 aliphatic carbocycles. The van der Waals surface area contributed by atoms with Crippen molar-refractivity contribution < 1.29 is 23.9 Å². The minimum Gasteiger partial charge on any atom is -0.489 e. The monoisotopic (exact) mass is 514 g/mol. The number of carbonyl (C=O) groups excluding carboxylic acids is 3. The van der Waals surface area contributed by atoms with Crippen LogP contribution in [-0.2, 0) is 27.4 Å². The topological polar surface area (TPSA) is 84.9 Å². The number of carbonyl (C=O) groups is 3. The number of piperidine rings is 1. The molecular formula is C31H34N2O5. The average molecular weight is 515 g/mol. The van der Waals surface area contributed by atoms with Gasteiger partial charge in [-0.05, 0) is 54.2 Å². The SMILES string of the molecule is COC(=O)C(Cc1ccc(OCc2ccccc2)cc1)NC(=O)CC1CCN(C(=O)c2ccccc2)CC1. The number of esters is 1. The Morgan fingerprint density at radius 2 is 1.50 bits per heavy atom. The Morgan fingerprint density at radius 3 is 2.13 bits per heavy atom.